The Hall–Kier alpha value is -1.90. The van der Waals surface area contributed by atoms with Gasteiger partial charge in [-0.3, -0.25) is 0 Å². The Bertz CT molecular complexity index is 1690. The average Bonchev–Trinajstić information content (AvgIpc) is 3.56. The van der Waals surface area contributed by atoms with Gasteiger partial charge in [0.15, 0.2) is 9.84 Å². The number of sulfone groups is 1. The van der Waals surface area contributed by atoms with E-state index in [9.17, 15) is 8.42 Å². The minimum atomic E-state index is -2.83. The highest BCUT2D eigenvalue weighted by Crippen LogP contribution is 2.76. The van der Waals surface area contributed by atoms with Crippen LogP contribution in [0.1, 0.15) is 118 Å². The van der Waals surface area contributed by atoms with E-state index in [0.29, 0.717) is 65.1 Å². The van der Waals surface area contributed by atoms with E-state index >= 15 is 0 Å². The van der Waals surface area contributed by atoms with Gasteiger partial charge in [0.2, 0.25) is 11.8 Å². The van der Waals surface area contributed by atoms with Crippen LogP contribution in [-0.2, 0) is 9.84 Å². The Kier molecular flexibility index (Phi) is 9.99. The number of rotatable bonds is 9. The summed E-state index contributed by atoms with van der Waals surface area (Å²) in [6.45, 7) is 17.5. The summed E-state index contributed by atoms with van der Waals surface area (Å²) in [5, 5.41) is 4.20. The maximum atomic E-state index is 12.0. The Labute approximate surface area is 321 Å². The number of hydrogen-bond acceptors (Lipinski definition) is 7. The summed E-state index contributed by atoms with van der Waals surface area (Å²) in [4.78, 5) is 6.82. The quantitative estimate of drug-likeness (QED) is 0.271. The molecule has 0 spiro atoms. The normalized spacial score (nSPS) is 41.9. The van der Waals surface area contributed by atoms with E-state index < -0.39 is 9.84 Å². The monoisotopic (exact) mass is 748 g/mol. The fourth-order valence-corrected chi connectivity index (χ4v) is 15.8. The highest BCUT2D eigenvalue weighted by Gasteiger charge is 2.69. The van der Waals surface area contributed by atoms with E-state index in [1.54, 1.807) is 18.3 Å². The van der Waals surface area contributed by atoms with Crippen LogP contribution in [0.25, 0.3) is 0 Å². The van der Waals surface area contributed by atoms with Gasteiger partial charge in [-0.15, -0.1) is 0 Å². The van der Waals surface area contributed by atoms with Gasteiger partial charge in [-0.25, -0.2) is 8.42 Å². The van der Waals surface area contributed by atoms with Crippen molar-refractivity contribution in [1.82, 2.24) is 15.2 Å². The lowest BCUT2D eigenvalue weighted by molar-refractivity contribution is -0.218. The molecule has 0 amide bonds. The first-order valence-electron chi connectivity index (χ1n) is 21.4. The molecular formula is C45H69N3O4S. The molecule has 8 heteroatoms. The van der Waals surface area contributed by atoms with Crippen molar-refractivity contribution in [2.75, 3.05) is 51.4 Å². The molecule has 1 aromatic heterocycles. The number of pyridine rings is 1. The molecule has 0 aromatic carbocycles. The van der Waals surface area contributed by atoms with Gasteiger partial charge in [-0.1, -0.05) is 59.3 Å². The van der Waals surface area contributed by atoms with Crippen LogP contribution in [0.3, 0.4) is 0 Å². The highest BCUT2D eigenvalue weighted by molar-refractivity contribution is 7.91. The van der Waals surface area contributed by atoms with Gasteiger partial charge >= 0.3 is 0 Å². The van der Waals surface area contributed by atoms with Gasteiger partial charge in [0.1, 0.15) is 0 Å². The van der Waals surface area contributed by atoms with E-state index in [1.165, 1.54) is 70.6 Å². The molecule has 2 unspecified atom stereocenters. The van der Waals surface area contributed by atoms with Crippen LogP contribution in [0.4, 0.5) is 0 Å². The molecule has 4 saturated carbocycles. The molecule has 5 fully saturated rings. The minimum absolute atomic E-state index is 0.182. The largest absolute Gasteiger partial charge is 0.481 e. The lowest BCUT2D eigenvalue weighted by Crippen LogP contribution is -2.67. The summed E-state index contributed by atoms with van der Waals surface area (Å²) in [7, 11) is -1.18. The number of nitrogens with one attached hydrogen (secondary N) is 1. The summed E-state index contributed by atoms with van der Waals surface area (Å²) in [5.74, 6) is 5.51. The average molecular weight is 748 g/mol. The van der Waals surface area contributed by atoms with Crippen LogP contribution in [0.5, 0.6) is 11.8 Å². The van der Waals surface area contributed by atoms with Crippen molar-refractivity contribution < 1.29 is 17.9 Å². The molecule has 294 valence electrons. The number of hydrogen-bond donors (Lipinski definition) is 1. The van der Waals surface area contributed by atoms with Gasteiger partial charge in [-0.2, -0.15) is 4.98 Å². The zero-order chi connectivity index (χ0) is 37.3. The number of methoxy groups -OCH3 is 1. The molecule has 1 saturated heterocycles. The van der Waals surface area contributed by atoms with Crippen LogP contribution in [0, 0.1) is 51.2 Å². The molecule has 1 aromatic rings. The maximum absolute atomic E-state index is 12.0. The second-order valence-electron chi connectivity index (χ2n) is 20.0. The lowest BCUT2D eigenvalue weighted by Gasteiger charge is -2.72. The number of aromatic nitrogens is 1. The molecule has 53 heavy (non-hydrogen) atoms. The van der Waals surface area contributed by atoms with Crippen molar-refractivity contribution in [3.8, 4) is 11.8 Å². The second-order valence-corrected chi connectivity index (χ2v) is 22.3. The van der Waals surface area contributed by atoms with Gasteiger partial charge in [-0.05, 0) is 139 Å². The van der Waals surface area contributed by atoms with Crippen molar-refractivity contribution in [2.45, 2.75) is 124 Å². The minimum Gasteiger partial charge on any atom is -0.481 e. The van der Waals surface area contributed by atoms with Crippen LogP contribution < -0.4 is 14.8 Å². The molecule has 7 aliphatic rings. The molecule has 9 atom stereocenters. The molecule has 1 aliphatic heterocycles. The second kappa shape index (κ2) is 13.9. The fourth-order valence-electron chi connectivity index (χ4n) is 14.5. The SMILES string of the molecule is COc1cccc(OC[C@H]2CC=C(C3=CC[C@@]4(C)C(CC[C@]5(C)C4CC[C@@H]4[C@H]6CCC[C@]6(NCCN6CCS(=O)(=O)CC6)CC[C@]45C)C3(C)C)CC2)n1. The smallest absolute Gasteiger partial charge is 0.216 e. The summed E-state index contributed by atoms with van der Waals surface area (Å²) in [6.07, 6.45) is 22.2. The first-order chi connectivity index (χ1) is 25.2. The number of nitrogens with zero attached hydrogens (tertiary/aromatic N) is 2. The highest BCUT2D eigenvalue weighted by atomic mass is 32.2. The van der Waals surface area contributed by atoms with Crippen LogP contribution in [0.2, 0.25) is 0 Å². The van der Waals surface area contributed by atoms with E-state index in [2.05, 4.69) is 62.0 Å². The van der Waals surface area contributed by atoms with Crippen LogP contribution >= 0.6 is 0 Å². The third-order valence-corrected chi connectivity index (χ3v) is 19.1. The topological polar surface area (TPSA) is 80.8 Å². The Morgan fingerprint density at radius 3 is 2.42 bits per heavy atom. The van der Waals surface area contributed by atoms with Crippen molar-refractivity contribution in [3.63, 3.8) is 0 Å². The van der Waals surface area contributed by atoms with Crippen molar-refractivity contribution in [1.29, 1.82) is 0 Å². The van der Waals surface area contributed by atoms with Gasteiger partial charge < -0.3 is 19.7 Å². The summed E-state index contributed by atoms with van der Waals surface area (Å²) < 4.78 is 35.4. The molecule has 0 bridgehead atoms. The summed E-state index contributed by atoms with van der Waals surface area (Å²) >= 11 is 0. The zero-order valence-corrected chi connectivity index (χ0v) is 34.7. The Morgan fingerprint density at radius 1 is 0.868 bits per heavy atom. The standard InChI is InChI=1S/C45H69N3O4S/c1-41(2)34(33-14-12-32(13-15-33)31-52-40-11-7-10-39(47-40)51-6)18-21-42(3)37(41)19-22-44(5)38(42)17-16-35-36-9-8-20-45(36,24-23-43(35,44)4)46-25-26-48-27-29-53(49,50)30-28-48/h7,10-11,14,18,32,35-38,46H,8-9,12-13,15-17,19-31H2,1-6H3/t32-,35+,36+,37?,38?,42-,43+,44+,45-/m0/s1. The first-order valence-corrected chi connectivity index (χ1v) is 23.3. The predicted octanol–water partition coefficient (Wildman–Crippen LogP) is 8.66. The van der Waals surface area contributed by atoms with Gasteiger partial charge in [0, 0.05) is 43.9 Å². The summed E-state index contributed by atoms with van der Waals surface area (Å²) in [5.41, 5.74) is 4.84. The number of fused-ring (bicyclic) bond motifs is 7. The van der Waals surface area contributed by atoms with Crippen molar-refractivity contribution >= 4 is 9.84 Å². The third-order valence-electron chi connectivity index (χ3n) is 17.5. The molecular weight excluding hydrogens is 679 g/mol. The zero-order valence-electron chi connectivity index (χ0n) is 33.9. The van der Waals surface area contributed by atoms with E-state index in [1.807, 2.05) is 18.2 Å². The van der Waals surface area contributed by atoms with Crippen LogP contribution in [0.15, 0.2) is 41.5 Å². The molecule has 6 aliphatic carbocycles. The molecule has 7 nitrogen and oxygen atoms in total. The molecule has 8 rings (SSSR count). The fraction of sp³-hybridized carbons (Fsp3) is 0.800. The predicted molar refractivity (Wildman–Crippen MR) is 214 cm³/mol. The number of allylic oxidation sites excluding steroid dienone is 4. The lowest BCUT2D eigenvalue weighted by atomic mass is 9.33. The van der Waals surface area contributed by atoms with Crippen molar-refractivity contribution in [3.05, 3.63) is 41.5 Å². The number of ether oxygens (including phenoxy) is 2. The molecule has 2 heterocycles. The third kappa shape index (κ3) is 6.45. The van der Waals surface area contributed by atoms with E-state index in [4.69, 9.17) is 9.47 Å². The van der Waals surface area contributed by atoms with Crippen molar-refractivity contribution in [2.24, 2.45) is 51.2 Å². The van der Waals surface area contributed by atoms with E-state index in [-0.39, 0.29) is 11.0 Å². The van der Waals surface area contributed by atoms with E-state index in [0.717, 1.165) is 49.6 Å². The Balaban J connectivity index is 0.942. The maximum Gasteiger partial charge on any atom is 0.216 e. The Morgan fingerprint density at radius 2 is 1.66 bits per heavy atom. The van der Waals surface area contributed by atoms with Gasteiger partial charge in [0.05, 0.1) is 25.2 Å². The molecule has 1 N–H and O–H groups in total. The van der Waals surface area contributed by atoms with Crippen LogP contribution in [-0.4, -0.2) is 75.2 Å². The first kappa shape index (κ1) is 38.0. The van der Waals surface area contributed by atoms with Gasteiger partial charge in [0.25, 0.3) is 0 Å². The summed E-state index contributed by atoms with van der Waals surface area (Å²) in [6, 6.07) is 5.72. The molecule has 0 radical (unpaired) electrons.